The maximum Gasteiger partial charge on any atom is 0.219 e. The van der Waals surface area contributed by atoms with Crippen LogP contribution in [0.5, 0.6) is 0 Å². The SMILES string of the molecule is C=CCCNS(=O)(=O)CC(=O)c1ccccc1. The van der Waals surface area contributed by atoms with E-state index in [1.807, 2.05) is 0 Å². The van der Waals surface area contributed by atoms with Gasteiger partial charge in [0, 0.05) is 12.1 Å². The molecule has 1 aromatic rings. The molecule has 0 atom stereocenters. The average molecular weight is 253 g/mol. The highest BCUT2D eigenvalue weighted by molar-refractivity contribution is 7.90. The summed E-state index contributed by atoms with van der Waals surface area (Å²) in [6.07, 6.45) is 2.15. The third-order valence-electron chi connectivity index (χ3n) is 2.09. The number of sulfonamides is 1. The molecule has 0 heterocycles. The molecule has 0 aliphatic heterocycles. The van der Waals surface area contributed by atoms with Crippen molar-refractivity contribution in [3.63, 3.8) is 0 Å². The fraction of sp³-hybridized carbons (Fsp3) is 0.250. The minimum atomic E-state index is -3.55. The first kappa shape index (κ1) is 13.6. The number of carbonyl (C=O) groups excluding carboxylic acids is 1. The summed E-state index contributed by atoms with van der Waals surface area (Å²) >= 11 is 0. The molecule has 4 nitrogen and oxygen atoms in total. The van der Waals surface area contributed by atoms with Crippen LogP contribution in [0.2, 0.25) is 0 Å². The van der Waals surface area contributed by atoms with E-state index in [-0.39, 0.29) is 6.54 Å². The maximum absolute atomic E-state index is 11.7. The van der Waals surface area contributed by atoms with Crippen molar-refractivity contribution >= 4 is 15.8 Å². The second-order valence-electron chi connectivity index (χ2n) is 3.52. The fourth-order valence-electron chi connectivity index (χ4n) is 1.25. The lowest BCUT2D eigenvalue weighted by Crippen LogP contribution is -2.30. The van der Waals surface area contributed by atoms with Gasteiger partial charge in [-0.15, -0.1) is 6.58 Å². The Morgan fingerprint density at radius 2 is 1.94 bits per heavy atom. The Balaban J connectivity index is 2.59. The largest absolute Gasteiger partial charge is 0.293 e. The van der Waals surface area contributed by atoms with Gasteiger partial charge >= 0.3 is 0 Å². The average Bonchev–Trinajstić information content (AvgIpc) is 2.30. The smallest absolute Gasteiger partial charge is 0.219 e. The fourth-order valence-corrected chi connectivity index (χ4v) is 2.29. The molecule has 0 bridgehead atoms. The second kappa shape index (κ2) is 6.32. The van der Waals surface area contributed by atoms with Gasteiger partial charge < -0.3 is 0 Å². The molecule has 0 unspecified atom stereocenters. The topological polar surface area (TPSA) is 63.2 Å². The number of carbonyl (C=O) groups is 1. The van der Waals surface area contributed by atoms with Crippen molar-refractivity contribution in [2.24, 2.45) is 0 Å². The van der Waals surface area contributed by atoms with E-state index in [9.17, 15) is 13.2 Å². The van der Waals surface area contributed by atoms with Crippen LogP contribution in [-0.2, 0) is 10.0 Å². The van der Waals surface area contributed by atoms with Crippen LogP contribution < -0.4 is 4.72 Å². The first-order valence-electron chi connectivity index (χ1n) is 5.21. The quantitative estimate of drug-likeness (QED) is 0.453. The molecule has 17 heavy (non-hydrogen) atoms. The number of ketones is 1. The Morgan fingerprint density at radius 3 is 2.53 bits per heavy atom. The summed E-state index contributed by atoms with van der Waals surface area (Å²) < 4.78 is 25.4. The molecular weight excluding hydrogens is 238 g/mol. The number of benzene rings is 1. The van der Waals surface area contributed by atoms with Gasteiger partial charge in [0.15, 0.2) is 5.78 Å². The Labute approximate surface area is 101 Å². The summed E-state index contributed by atoms with van der Waals surface area (Å²) in [6, 6.07) is 8.37. The first-order chi connectivity index (χ1) is 8.05. The van der Waals surface area contributed by atoms with Crippen molar-refractivity contribution < 1.29 is 13.2 Å². The molecule has 0 saturated heterocycles. The normalized spacial score (nSPS) is 11.1. The number of hydrogen-bond donors (Lipinski definition) is 1. The molecule has 5 heteroatoms. The first-order valence-corrected chi connectivity index (χ1v) is 6.87. The van der Waals surface area contributed by atoms with Gasteiger partial charge in [-0.2, -0.15) is 0 Å². The Morgan fingerprint density at radius 1 is 1.29 bits per heavy atom. The van der Waals surface area contributed by atoms with E-state index in [1.165, 1.54) is 0 Å². The molecule has 0 saturated carbocycles. The third-order valence-corrected chi connectivity index (χ3v) is 3.37. The second-order valence-corrected chi connectivity index (χ2v) is 5.33. The van der Waals surface area contributed by atoms with Gasteiger partial charge in [-0.25, -0.2) is 13.1 Å². The van der Waals surface area contributed by atoms with E-state index >= 15 is 0 Å². The zero-order valence-electron chi connectivity index (χ0n) is 9.43. The molecule has 0 aromatic heterocycles. The number of rotatable bonds is 7. The summed E-state index contributed by atoms with van der Waals surface area (Å²) in [7, 11) is -3.55. The van der Waals surface area contributed by atoms with Gasteiger partial charge in [0.2, 0.25) is 10.0 Å². The zero-order chi connectivity index (χ0) is 12.7. The van der Waals surface area contributed by atoms with E-state index in [0.717, 1.165) is 0 Å². The van der Waals surface area contributed by atoms with E-state index < -0.39 is 21.6 Å². The van der Waals surface area contributed by atoms with E-state index in [1.54, 1.807) is 36.4 Å². The monoisotopic (exact) mass is 253 g/mol. The van der Waals surface area contributed by atoms with E-state index in [4.69, 9.17) is 0 Å². The molecule has 0 radical (unpaired) electrons. The Hall–Kier alpha value is -1.46. The molecule has 0 aliphatic carbocycles. The summed E-state index contributed by atoms with van der Waals surface area (Å²) in [5.41, 5.74) is 0.404. The van der Waals surface area contributed by atoms with Crippen molar-refractivity contribution in [2.75, 3.05) is 12.3 Å². The Kier molecular flexibility index (Phi) is 5.06. The number of hydrogen-bond acceptors (Lipinski definition) is 3. The van der Waals surface area contributed by atoms with Gasteiger partial charge in [-0.3, -0.25) is 4.79 Å². The Bertz CT molecular complexity index is 480. The molecule has 0 amide bonds. The van der Waals surface area contributed by atoms with Crippen LogP contribution in [0.4, 0.5) is 0 Å². The van der Waals surface area contributed by atoms with Crippen LogP contribution in [0.15, 0.2) is 43.0 Å². The van der Waals surface area contributed by atoms with Crippen LogP contribution in [-0.4, -0.2) is 26.5 Å². The minimum Gasteiger partial charge on any atom is -0.293 e. The number of Topliss-reactive ketones (excluding diaryl/α,β-unsaturated/α-hetero) is 1. The highest BCUT2D eigenvalue weighted by Crippen LogP contribution is 2.01. The highest BCUT2D eigenvalue weighted by Gasteiger charge is 2.16. The summed E-state index contributed by atoms with van der Waals surface area (Å²) in [5.74, 6) is -0.926. The molecule has 0 spiro atoms. The van der Waals surface area contributed by atoms with Crippen molar-refractivity contribution in [1.29, 1.82) is 0 Å². The van der Waals surface area contributed by atoms with Crippen molar-refractivity contribution in [1.82, 2.24) is 4.72 Å². The van der Waals surface area contributed by atoms with Crippen LogP contribution in [0, 0.1) is 0 Å². The van der Waals surface area contributed by atoms with Crippen molar-refractivity contribution in [3.05, 3.63) is 48.6 Å². The molecule has 1 aromatic carbocycles. The van der Waals surface area contributed by atoms with Gasteiger partial charge in [0.25, 0.3) is 0 Å². The standard InChI is InChI=1S/C12H15NO3S/c1-2-3-9-13-17(15,16)10-12(14)11-7-5-4-6-8-11/h2,4-8,13H,1,3,9-10H2. The lowest BCUT2D eigenvalue weighted by atomic mass is 10.2. The van der Waals surface area contributed by atoms with Crippen LogP contribution >= 0.6 is 0 Å². The molecular formula is C12H15NO3S. The zero-order valence-corrected chi connectivity index (χ0v) is 10.2. The maximum atomic E-state index is 11.7. The van der Waals surface area contributed by atoms with Gasteiger partial charge in [-0.1, -0.05) is 36.4 Å². The van der Waals surface area contributed by atoms with Crippen molar-refractivity contribution in [3.8, 4) is 0 Å². The minimum absolute atomic E-state index is 0.272. The van der Waals surface area contributed by atoms with Crippen LogP contribution in [0.3, 0.4) is 0 Å². The lowest BCUT2D eigenvalue weighted by molar-refractivity contribution is 0.102. The summed E-state index contributed by atoms with van der Waals surface area (Å²) in [4.78, 5) is 11.7. The highest BCUT2D eigenvalue weighted by atomic mass is 32.2. The van der Waals surface area contributed by atoms with Crippen LogP contribution in [0.1, 0.15) is 16.8 Å². The molecule has 1 N–H and O–H groups in total. The van der Waals surface area contributed by atoms with E-state index in [2.05, 4.69) is 11.3 Å². The molecule has 92 valence electrons. The third kappa shape index (κ3) is 4.93. The molecule has 0 fully saturated rings. The van der Waals surface area contributed by atoms with Gasteiger partial charge in [0.05, 0.1) is 0 Å². The van der Waals surface area contributed by atoms with E-state index in [0.29, 0.717) is 12.0 Å². The molecule has 0 aliphatic rings. The van der Waals surface area contributed by atoms with Gasteiger partial charge in [0.1, 0.15) is 5.75 Å². The molecule has 1 rings (SSSR count). The number of nitrogens with one attached hydrogen (secondary N) is 1. The predicted octanol–water partition coefficient (Wildman–Crippen LogP) is 1.36. The summed E-state index contributed by atoms with van der Waals surface area (Å²) in [5, 5.41) is 0. The van der Waals surface area contributed by atoms with Gasteiger partial charge in [-0.05, 0) is 6.42 Å². The van der Waals surface area contributed by atoms with Crippen LogP contribution in [0.25, 0.3) is 0 Å². The predicted molar refractivity (Wildman–Crippen MR) is 67.4 cm³/mol. The lowest BCUT2D eigenvalue weighted by Gasteiger charge is -2.04. The van der Waals surface area contributed by atoms with Crippen molar-refractivity contribution in [2.45, 2.75) is 6.42 Å². The summed E-state index contributed by atoms with van der Waals surface area (Å²) in [6.45, 7) is 3.76.